The third kappa shape index (κ3) is 2.68. The summed E-state index contributed by atoms with van der Waals surface area (Å²) in [6.45, 7) is 2.51. The molecule has 0 aliphatic carbocycles. The maximum atomic E-state index is 4.62. The van der Waals surface area contributed by atoms with Crippen LogP contribution in [0.4, 0.5) is 5.69 Å². The van der Waals surface area contributed by atoms with Crippen molar-refractivity contribution in [2.45, 2.75) is 13.5 Å². The highest BCUT2D eigenvalue weighted by atomic mass is 127. The van der Waals surface area contributed by atoms with E-state index < -0.39 is 0 Å². The molecule has 0 amide bonds. The van der Waals surface area contributed by atoms with E-state index in [2.05, 4.69) is 55.0 Å². The van der Waals surface area contributed by atoms with E-state index in [1.807, 2.05) is 19.1 Å². The fraction of sp³-hybridized carbons (Fsp3) is 0.200. The number of aryl methyl sites for hydroxylation is 1. The molecule has 0 bridgehead atoms. The van der Waals surface area contributed by atoms with Crippen LogP contribution >= 0.6 is 22.6 Å². The molecule has 0 spiro atoms. The van der Waals surface area contributed by atoms with E-state index in [-0.39, 0.29) is 0 Å². The van der Waals surface area contributed by atoms with Crippen molar-refractivity contribution in [3.05, 3.63) is 39.2 Å². The van der Waals surface area contributed by atoms with Gasteiger partial charge in [0.2, 0.25) is 0 Å². The summed E-state index contributed by atoms with van der Waals surface area (Å²) in [5, 5.41) is 10.8. The maximum Gasteiger partial charge on any atom is 0.127 e. The minimum Gasteiger partial charge on any atom is -0.379 e. The Morgan fingerprint density at radius 1 is 1.40 bits per heavy atom. The fourth-order valence-electron chi connectivity index (χ4n) is 1.19. The Bertz CT molecular complexity index is 455. The van der Waals surface area contributed by atoms with Crippen LogP contribution in [-0.2, 0) is 6.54 Å². The van der Waals surface area contributed by atoms with Crippen molar-refractivity contribution >= 4 is 28.3 Å². The molecule has 15 heavy (non-hydrogen) atoms. The molecule has 0 saturated carbocycles. The van der Waals surface area contributed by atoms with Crippen LogP contribution in [0.5, 0.6) is 0 Å². The zero-order chi connectivity index (χ0) is 10.7. The van der Waals surface area contributed by atoms with Crippen LogP contribution in [0.2, 0.25) is 0 Å². The summed E-state index contributed by atoms with van der Waals surface area (Å²) >= 11 is 2.28. The van der Waals surface area contributed by atoms with Gasteiger partial charge >= 0.3 is 0 Å². The van der Waals surface area contributed by atoms with Gasteiger partial charge in [0.25, 0.3) is 0 Å². The molecule has 0 fully saturated rings. The average Bonchev–Trinajstić information content (AvgIpc) is 2.61. The monoisotopic (exact) mass is 315 g/mol. The lowest BCUT2D eigenvalue weighted by Crippen LogP contribution is -2.01. The molecular weight excluding hydrogens is 305 g/mol. The number of halogens is 1. The van der Waals surface area contributed by atoms with Gasteiger partial charge in [0.05, 0.1) is 6.54 Å². The summed E-state index contributed by atoms with van der Waals surface area (Å²) in [7, 11) is 0. The van der Waals surface area contributed by atoms with Gasteiger partial charge in [-0.05, 0) is 47.7 Å². The molecule has 78 valence electrons. The van der Waals surface area contributed by atoms with Crippen molar-refractivity contribution in [2.75, 3.05) is 5.32 Å². The second-order valence-electron chi connectivity index (χ2n) is 3.16. The summed E-state index contributed by atoms with van der Waals surface area (Å²) in [4.78, 5) is 0. The second-order valence-corrected chi connectivity index (χ2v) is 4.41. The van der Waals surface area contributed by atoms with Crippen LogP contribution in [0.3, 0.4) is 0 Å². The smallest absolute Gasteiger partial charge is 0.127 e. The Morgan fingerprint density at radius 3 is 2.93 bits per heavy atom. The topological polar surface area (TPSA) is 51.0 Å². The highest BCUT2D eigenvalue weighted by Gasteiger charge is 2.03. The first-order valence-electron chi connectivity index (χ1n) is 4.53. The molecular formula is C10H10IN3O. The maximum absolute atomic E-state index is 4.62. The zero-order valence-electron chi connectivity index (χ0n) is 8.20. The molecule has 0 saturated heterocycles. The average molecular weight is 315 g/mol. The summed E-state index contributed by atoms with van der Waals surface area (Å²) in [6, 6.07) is 8.15. The number of hydrogen-bond donors (Lipinski definition) is 1. The van der Waals surface area contributed by atoms with Gasteiger partial charge in [0, 0.05) is 9.26 Å². The largest absolute Gasteiger partial charge is 0.379 e. The SMILES string of the molecule is Cc1nonc1CNc1cccc(I)c1. The van der Waals surface area contributed by atoms with Crippen LogP contribution in [0.1, 0.15) is 11.4 Å². The lowest BCUT2D eigenvalue weighted by atomic mass is 10.3. The minimum atomic E-state index is 0.634. The molecule has 2 rings (SSSR count). The summed E-state index contributed by atoms with van der Waals surface area (Å²) in [5.41, 5.74) is 2.74. The molecule has 0 aliphatic heterocycles. The van der Waals surface area contributed by atoms with Gasteiger partial charge in [0.1, 0.15) is 11.4 Å². The number of hydrogen-bond acceptors (Lipinski definition) is 4. The van der Waals surface area contributed by atoms with Crippen molar-refractivity contribution in [3.63, 3.8) is 0 Å². The third-order valence-corrected chi connectivity index (χ3v) is 2.70. The Kier molecular flexibility index (Phi) is 3.20. The molecule has 1 aromatic carbocycles. The van der Waals surface area contributed by atoms with E-state index in [0.29, 0.717) is 6.54 Å². The van der Waals surface area contributed by atoms with Gasteiger partial charge in [-0.25, -0.2) is 4.63 Å². The van der Waals surface area contributed by atoms with Crippen molar-refractivity contribution in [3.8, 4) is 0 Å². The first-order chi connectivity index (χ1) is 7.25. The summed E-state index contributed by atoms with van der Waals surface area (Å²) in [5.74, 6) is 0. The van der Waals surface area contributed by atoms with Gasteiger partial charge in [-0.3, -0.25) is 0 Å². The van der Waals surface area contributed by atoms with Crippen LogP contribution in [0.25, 0.3) is 0 Å². The lowest BCUT2D eigenvalue weighted by Gasteiger charge is -2.04. The molecule has 4 nitrogen and oxygen atoms in total. The number of aromatic nitrogens is 2. The van der Waals surface area contributed by atoms with Crippen molar-refractivity contribution in [1.29, 1.82) is 0 Å². The predicted molar refractivity (Wildman–Crippen MR) is 65.5 cm³/mol. The van der Waals surface area contributed by atoms with Gasteiger partial charge < -0.3 is 5.32 Å². The van der Waals surface area contributed by atoms with Crippen LogP contribution < -0.4 is 5.32 Å². The molecule has 1 heterocycles. The van der Waals surface area contributed by atoms with Gasteiger partial charge in [-0.15, -0.1) is 0 Å². The highest BCUT2D eigenvalue weighted by molar-refractivity contribution is 14.1. The van der Waals surface area contributed by atoms with Gasteiger partial charge in [-0.2, -0.15) is 0 Å². The van der Waals surface area contributed by atoms with Crippen LogP contribution in [0.15, 0.2) is 28.9 Å². The standard InChI is InChI=1S/C10H10IN3O/c1-7-10(14-15-13-7)6-12-9-4-2-3-8(11)5-9/h2-5,12H,6H2,1H3. The van der Waals surface area contributed by atoms with E-state index in [9.17, 15) is 0 Å². The molecule has 0 aliphatic rings. The van der Waals surface area contributed by atoms with E-state index in [1.54, 1.807) is 0 Å². The normalized spacial score (nSPS) is 10.3. The molecule has 0 unspecified atom stereocenters. The Morgan fingerprint density at radius 2 is 2.27 bits per heavy atom. The van der Waals surface area contributed by atoms with Crippen molar-refractivity contribution < 1.29 is 4.63 Å². The number of nitrogens with zero attached hydrogens (tertiary/aromatic N) is 2. The van der Waals surface area contributed by atoms with E-state index >= 15 is 0 Å². The quantitative estimate of drug-likeness (QED) is 0.885. The van der Waals surface area contributed by atoms with Gasteiger partial charge in [0.15, 0.2) is 0 Å². The first-order valence-corrected chi connectivity index (χ1v) is 5.61. The van der Waals surface area contributed by atoms with E-state index in [1.165, 1.54) is 3.57 Å². The summed E-state index contributed by atoms with van der Waals surface area (Å²) in [6.07, 6.45) is 0. The second kappa shape index (κ2) is 4.61. The number of benzene rings is 1. The first kappa shape index (κ1) is 10.4. The molecule has 2 aromatic rings. The highest BCUT2D eigenvalue weighted by Crippen LogP contribution is 2.13. The number of anilines is 1. The fourth-order valence-corrected chi connectivity index (χ4v) is 1.74. The number of nitrogens with one attached hydrogen (secondary N) is 1. The van der Waals surface area contributed by atoms with Crippen molar-refractivity contribution in [2.24, 2.45) is 0 Å². The van der Waals surface area contributed by atoms with E-state index in [4.69, 9.17) is 0 Å². The van der Waals surface area contributed by atoms with E-state index in [0.717, 1.165) is 17.1 Å². The molecule has 1 aromatic heterocycles. The molecule has 0 atom stereocenters. The minimum absolute atomic E-state index is 0.634. The zero-order valence-corrected chi connectivity index (χ0v) is 10.4. The lowest BCUT2D eigenvalue weighted by molar-refractivity contribution is 0.301. The third-order valence-electron chi connectivity index (χ3n) is 2.03. The van der Waals surface area contributed by atoms with Crippen LogP contribution in [-0.4, -0.2) is 10.3 Å². The van der Waals surface area contributed by atoms with Crippen LogP contribution in [0, 0.1) is 10.5 Å². The number of rotatable bonds is 3. The molecule has 0 radical (unpaired) electrons. The van der Waals surface area contributed by atoms with Crippen molar-refractivity contribution in [1.82, 2.24) is 10.3 Å². The molecule has 1 N–H and O–H groups in total. The molecule has 5 heteroatoms. The summed E-state index contributed by atoms with van der Waals surface area (Å²) < 4.78 is 5.82. The van der Waals surface area contributed by atoms with Gasteiger partial charge in [-0.1, -0.05) is 16.4 Å². The Hall–Kier alpha value is -1.11. The Balaban J connectivity index is 2.02. The Labute approximate surface area is 101 Å². The predicted octanol–water partition coefficient (Wildman–Crippen LogP) is 2.59.